The van der Waals surface area contributed by atoms with Crippen LogP contribution in [0.1, 0.15) is 49.8 Å². The number of aryl methyl sites for hydroxylation is 2. The van der Waals surface area contributed by atoms with Gasteiger partial charge < -0.3 is 9.84 Å². The van der Waals surface area contributed by atoms with Crippen LogP contribution in [-0.4, -0.2) is 17.3 Å². The summed E-state index contributed by atoms with van der Waals surface area (Å²) < 4.78 is 6.19. The number of aliphatic hydroxyl groups is 1. The van der Waals surface area contributed by atoms with Crippen molar-refractivity contribution in [1.82, 2.24) is 0 Å². The van der Waals surface area contributed by atoms with Gasteiger partial charge in [0.1, 0.15) is 11.9 Å². The van der Waals surface area contributed by atoms with E-state index in [-0.39, 0.29) is 12.2 Å². The van der Waals surface area contributed by atoms with E-state index in [0.717, 1.165) is 25.0 Å². The summed E-state index contributed by atoms with van der Waals surface area (Å²) in [5.74, 6) is 2.26. The highest BCUT2D eigenvalue weighted by molar-refractivity contribution is 5.42. The lowest BCUT2D eigenvalue weighted by Gasteiger charge is -2.35. The molecule has 112 valence electrons. The third-order valence-electron chi connectivity index (χ3n) is 4.78. The zero-order valence-corrected chi connectivity index (χ0v) is 13.4. The molecular formula is C18H28O2. The molecule has 3 atom stereocenters. The van der Waals surface area contributed by atoms with Crippen LogP contribution in [0, 0.1) is 32.6 Å². The van der Waals surface area contributed by atoms with Crippen molar-refractivity contribution in [3.05, 3.63) is 28.8 Å². The number of aliphatic hydroxyl groups excluding tert-OH is 1. The van der Waals surface area contributed by atoms with Gasteiger partial charge in [-0.2, -0.15) is 0 Å². The zero-order chi connectivity index (χ0) is 14.9. The van der Waals surface area contributed by atoms with Gasteiger partial charge in [-0.3, -0.25) is 0 Å². The number of hydrogen-bond donors (Lipinski definition) is 1. The van der Waals surface area contributed by atoms with E-state index in [1.54, 1.807) is 0 Å². The smallest absolute Gasteiger partial charge is 0.125 e. The molecule has 1 saturated carbocycles. The maximum absolute atomic E-state index is 10.2. The van der Waals surface area contributed by atoms with E-state index in [2.05, 4.69) is 46.8 Å². The van der Waals surface area contributed by atoms with Crippen LogP contribution in [-0.2, 0) is 0 Å². The number of benzene rings is 1. The van der Waals surface area contributed by atoms with Gasteiger partial charge in [-0.1, -0.05) is 19.9 Å². The van der Waals surface area contributed by atoms with Crippen LogP contribution >= 0.6 is 0 Å². The molecular weight excluding hydrogens is 248 g/mol. The molecule has 1 aromatic rings. The fourth-order valence-corrected chi connectivity index (χ4v) is 3.16. The van der Waals surface area contributed by atoms with Crippen molar-refractivity contribution in [2.24, 2.45) is 11.8 Å². The predicted molar refractivity (Wildman–Crippen MR) is 83.3 cm³/mol. The Morgan fingerprint density at radius 2 is 1.85 bits per heavy atom. The van der Waals surface area contributed by atoms with Gasteiger partial charge in [0.25, 0.3) is 0 Å². The van der Waals surface area contributed by atoms with Crippen LogP contribution in [0.15, 0.2) is 12.1 Å². The van der Waals surface area contributed by atoms with Crippen LogP contribution in [0.2, 0.25) is 0 Å². The minimum absolute atomic E-state index is 0.0592. The summed E-state index contributed by atoms with van der Waals surface area (Å²) in [6.45, 7) is 10.8. The molecule has 0 saturated heterocycles. The van der Waals surface area contributed by atoms with E-state index < -0.39 is 0 Å². The van der Waals surface area contributed by atoms with E-state index in [0.29, 0.717) is 11.8 Å². The number of ether oxygens (including phenoxy) is 1. The molecule has 1 N–H and O–H groups in total. The van der Waals surface area contributed by atoms with Crippen molar-refractivity contribution in [2.45, 2.75) is 66.1 Å². The Morgan fingerprint density at radius 3 is 2.50 bits per heavy atom. The Balaban J connectivity index is 2.15. The molecule has 1 aliphatic rings. The zero-order valence-electron chi connectivity index (χ0n) is 13.4. The molecule has 20 heavy (non-hydrogen) atoms. The molecule has 1 fully saturated rings. The molecule has 0 radical (unpaired) electrons. The third kappa shape index (κ3) is 3.35. The lowest BCUT2D eigenvalue weighted by molar-refractivity contribution is -0.0180. The molecule has 0 heterocycles. The standard InChI is InChI=1S/C18H28O2/c1-11(2)15-6-7-16(19)18(10-15)20-17-9-12(3)8-13(4)14(17)5/h8-9,11,15-16,18-19H,6-7,10H2,1-5H3. The average Bonchev–Trinajstić information content (AvgIpc) is 2.37. The van der Waals surface area contributed by atoms with Gasteiger partial charge in [0.15, 0.2) is 0 Å². The Kier molecular flexibility index (Phi) is 4.74. The van der Waals surface area contributed by atoms with Crippen LogP contribution in [0.4, 0.5) is 0 Å². The molecule has 1 aromatic carbocycles. The largest absolute Gasteiger partial charge is 0.487 e. The summed E-state index contributed by atoms with van der Waals surface area (Å²) in [6.07, 6.45) is 2.55. The topological polar surface area (TPSA) is 29.5 Å². The van der Waals surface area contributed by atoms with Crippen molar-refractivity contribution in [1.29, 1.82) is 0 Å². The molecule has 0 amide bonds. The Labute approximate surface area is 123 Å². The second-order valence-corrected chi connectivity index (χ2v) is 6.75. The number of hydrogen-bond acceptors (Lipinski definition) is 2. The molecule has 3 unspecified atom stereocenters. The maximum Gasteiger partial charge on any atom is 0.125 e. The average molecular weight is 276 g/mol. The third-order valence-corrected chi connectivity index (χ3v) is 4.78. The van der Waals surface area contributed by atoms with Crippen LogP contribution in [0.25, 0.3) is 0 Å². The van der Waals surface area contributed by atoms with Crippen molar-refractivity contribution < 1.29 is 9.84 Å². The van der Waals surface area contributed by atoms with Gasteiger partial charge in [-0.05, 0) is 74.6 Å². The van der Waals surface area contributed by atoms with E-state index >= 15 is 0 Å². The molecule has 0 aliphatic heterocycles. The minimum Gasteiger partial charge on any atom is -0.487 e. The lowest BCUT2D eigenvalue weighted by Crippen LogP contribution is -2.39. The second kappa shape index (κ2) is 6.17. The van der Waals surface area contributed by atoms with Crippen molar-refractivity contribution in [3.63, 3.8) is 0 Å². The maximum atomic E-state index is 10.2. The summed E-state index contributed by atoms with van der Waals surface area (Å²) in [4.78, 5) is 0. The first-order chi connectivity index (χ1) is 9.38. The highest BCUT2D eigenvalue weighted by atomic mass is 16.5. The quantitative estimate of drug-likeness (QED) is 0.897. The monoisotopic (exact) mass is 276 g/mol. The molecule has 2 nitrogen and oxygen atoms in total. The second-order valence-electron chi connectivity index (χ2n) is 6.75. The SMILES string of the molecule is Cc1cc(C)c(C)c(OC2CC(C(C)C)CCC2O)c1. The lowest BCUT2D eigenvalue weighted by atomic mass is 9.79. The molecule has 0 spiro atoms. The molecule has 2 heteroatoms. The first-order valence-electron chi connectivity index (χ1n) is 7.81. The van der Waals surface area contributed by atoms with E-state index in [4.69, 9.17) is 4.74 Å². The van der Waals surface area contributed by atoms with E-state index in [1.165, 1.54) is 16.7 Å². The van der Waals surface area contributed by atoms with Crippen molar-refractivity contribution in [3.8, 4) is 5.75 Å². The number of rotatable bonds is 3. The normalized spacial score (nSPS) is 26.9. The van der Waals surface area contributed by atoms with Crippen molar-refractivity contribution in [2.75, 3.05) is 0 Å². The first-order valence-corrected chi connectivity index (χ1v) is 7.81. The minimum atomic E-state index is -0.329. The van der Waals surface area contributed by atoms with Crippen LogP contribution in [0.3, 0.4) is 0 Å². The summed E-state index contributed by atoms with van der Waals surface area (Å²) in [7, 11) is 0. The highest BCUT2D eigenvalue weighted by Crippen LogP contribution is 2.34. The van der Waals surface area contributed by atoms with Crippen molar-refractivity contribution >= 4 is 0 Å². The first kappa shape index (κ1) is 15.4. The highest BCUT2D eigenvalue weighted by Gasteiger charge is 2.32. The van der Waals surface area contributed by atoms with Gasteiger partial charge >= 0.3 is 0 Å². The fraction of sp³-hybridized carbons (Fsp3) is 0.667. The Morgan fingerprint density at radius 1 is 1.15 bits per heavy atom. The summed E-state index contributed by atoms with van der Waals surface area (Å²) in [5.41, 5.74) is 3.66. The van der Waals surface area contributed by atoms with Crippen LogP contribution < -0.4 is 4.74 Å². The van der Waals surface area contributed by atoms with E-state index in [1.807, 2.05) is 0 Å². The van der Waals surface area contributed by atoms with Gasteiger partial charge in [-0.25, -0.2) is 0 Å². The van der Waals surface area contributed by atoms with Gasteiger partial charge in [0.05, 0.1) is 6.10 Å². The summed E-state index contributed by atoms with van der Waals surface area (Å²) >= 11 is 0. The molecule has 0 bridgehead atoms. The van der Waals surface area contributed by atoms with Gasteiger partial charge in [-0.15, -0.1) is 0 Å². The molecule has 0 aromatic heterocycles. The van der Waals surface area contributed by atoms with Crippen LogP contribution in [0.5, 0.6) is 5.75 Å². The summed E-state index contributed by atoms with van der Waals surface area (Å²) in [5, 5.41) is 10.2. The predicted octanol–water partition coefficient (Wildman–Crippen LogP) is 4.18. The Bertz CT molecular complexity index is 465. The molecule has 1 aliphatic carbocycles. The fourth-order valence-electron chi connectivity index (χ4n) is 3.16. The van der Waals surface area contributed by atoms with Gasteiger partial charge in [0.2, 0.25) is 0 Å². The Hall–Kier alpha value is -1.02. The van der Waals surface area contributed by atoms with Gasteiger partial charge in [0, 0.05) is 0 Å². The summed E-state index contributed by atoms with van der Waals surface area (Å²) in [6, 6.07) is 4.27. The molecule has 2 rings (SSSR count). The van der Waals surface area contributed by atoms with E-state index in [9.17, 15) is 5.11 Å².